The SMILES string of the molecule is O=C(NCCNc1ncc(C(F)(F)F)cc1Cl)C1CCCO1. The Morgan fingerprint density at radius 2 is 2.23 bits per heavy atom. The van der Waals surface area contributed by atoms with E-state index in [1.165, 1.54) is 0 Å². The Kier molecular flexibility index (Phi) is 5.47. The molecule has 22 heavy (non-hydrogen) atoms. The molecule has 1 atom stereocenters. The number of nitrogens with one attached hydrogen (secondary N) is 2. The highest BCUT2D eigenvalue weighted by Crippen LogP contribution is 2.32. The van der Waals surface area contributed by atoms with Gasteiger partial charge in [-0.05, 0) is 18.9 Å². The van der Waals surface area contributed by atoms with Gasteiger partial charge in [0.05, 0.1) is 10.6 Å². The van der Waals surface area contributed by atoms with Crippen molar-refractivity contribution in [3.8, 4) is 0 Å². The van der Waals surface area contributed by atoms with Crippen LogP contribution in [-0.4, -0.2) is 36.7 Å². The van der Waals surface area contributed by atoms with Crippen LogP contribution in [0.1, 0.15) is 18.4 Å². The van der Waals surface area contributed by atoms with Crippen molar-refractivity contribution in [2.45, 2.75) is 25.1 Å². The van der Waals surface area contributed by atoms with E-state index in [4.69, 9.17) is 16.3 Å². The lowest BCUT2D eigenvalue weighted by Crippen LogP contribution is -2.36. The monoisotopic (exact) mass is 337 g/mol. The second-order valence-electron chi connectivity index (χ2n) is 4.77. The summed E-state index contributed by atoms with van der Waals surface area (Å²) in [5, 5.41) is 5.32. The van der Waals surface area contributed by atoms with Gasteiger partial charge in [-0.15, -0.1) is 0 Å². The number of carbonyl (C=O) groups excluding carboxylic acids is 1. The molecule has 0 bridgehead atoms. The third-order valence-corrected chi connectivity index (χ3v) is 3.40. The highest BCUT2D eigenvalue weighted by Gasteiger charge is 2.31. The van der Waals surface area contributed by atoms with Crippen LogP contribution in [0, 0.1) is 0 Å². The van der Waals surface area contributed by atoms with Crippen LogP contribution in [0.25, 0.3) is 0 Å². The first kappa shape index (κ1) is 16.8. The number of ether oxygens (including phenoxy) is 1. The van der Waals surface area contributed by atoms with Crippen molar-refractivity contribution in [3.63, 3.8) is 0 Å². The average molecular weight is 338 g/mol. The molecule has 1 fully saturated rings. The highest BCUT2D eigenvalue weighted by atomic mass is 35.5. The molecule has 1 aliphatic rings. The highest BCUT2D eigenvalue weighted by molar-refractivity contribution is 6.32. The molecule has 1 aliphatic heterocycles. The Labute approximate surface area is 130 Å². The number of pyridine rings is 1. The van der Waals surface area contributed by atoms with Crippen molar-refractivity contribution in [2.24, 2.45) is 0 Å². The summed E-state index contributed by atoms with van der Waals surface area (Å²) in [6.45, 7) is 1.16. The van der Waals surface area contributed by atoms with E-state index in [1.807, 2.05) is 0 Å². The normalized spacial score (nSPS) is 18.3. The standard InChI is InChI=1S/C13H15ClF3N3O2/c14-9-6-8(13(15,16)17)7-20-11(9)18-3-4-19-12(21)10-2-1-5-22-10/h6-7,10H,1-5H2,(H,18,20)(H,19,21). The Morgan fingerprint density at radius 3 is 2.82 bits per heavy atom. The minimum Gasteiger partial charge on any atom is -0.368 e. The first-order chi connectivity index (χ1) is 10.4. The average Bonchev–Trinajstić information content (AvgIpc) is 2.97. The topological polar surface area (TPSA) is 63.2 Å². The molecule has 2 rings (SSSR count). The quantitative estimate of drug-likeness (QED) is 0.810. The lowest BCUT2D eigenvalue weighted by atomic mass is 10.2. The molecule has 5 nitrogen and oxygen atoms in total. The zero-order valence-electron chi connectivity index (χ0n) is 11.5. The molecule has 9 heteroatoms. The zero-order valence-corrected chi connectivity index (χ0v) is 12.3. The largest absolute Gasteiger partial charge is 0.417 e. The van der Waals surface area contributed by atoms with Gasteiger partial charge in [0.15, 0.2) is 0 Å². The van der Waals surface area contributed by atoms with Gasteiger partial charge in [0, 0.05) is 25.9 Å². The van der Waals surface area contributed by atoms with Crippen molar-refractivity contribution in [1.82, 2.24) is 10.3 Å². The van der Waals surface area contributed by atoms with Gasteiger partial charge < -0.3 is 15.4 Å². The second-order valence-corrected chi connectivity index (χ2v) is 5.18. The fourth-order valence-corrected chi connectivity index (χ4v) is 2.22. The molecule has 1 unspecified atom stereocenters. The minimum atomic E-state index is -4.48. The molecular formula is C13H15ClF3N3O2. The van der Waals surface area contributed by atoms with E-state index in [-0.39, 0.29) is 29.8 Å². The van der Waals surface area contributed by atoms with E-state index in [1.54, 1.807) is 0 Å². The number of hydrogen-bond acceptors (Lipinski definition) is 4. The molecule has 0 spiro atoms. The van der Waals surface area contributed by atoms with Crippen LogP contribution in [0.5, 0.6) is 0 Å². The van der Waals surface area contributed by atoms with E-state index in [0.717, 1.165) is 12.5 Å². The number of halogens is 4. The summed E-state index contributed by atoms with van der Waals surface area (Å²) < 4.78 is 42.6. The van der Waals surface area contributed by atoms with Gasteiger partial charge in [-0.25, -0.2) is 4.98 Å². The molecule has 2 heterocycles. The fraction of sp³-hybridized carbons (Fsp3) is 0.538. The first-order valence-electron chi connectivity index (χ1n) is 6.74. The number of amides is 1. The van der Waals surface area contributed by atoms with Gasteiger partial charge in [-0.3, -0.25) is 4.79 Å². The van der Waals surface area contributed by atoms with E-state index in [2.05, 4.69) is 15.6 Å². The summed E-state index contributed by atoms with van der Waals surface area (Å²) in [5.74, 6) is -0.0493. The zero-order chi connectivity index (χ0) is 16.2. The summed E-state index contributed by atoms with van der Waals surface area (Å²) in [5.41, 5.74) is -0.908. The molecule has 2 N–H and O–H groups in total. The Hall–Kier alpha value is -1.54. The summed E-state index contributed by atoms with van der Waals surface area (Å²) >= 11 is 5.75. The Balaban J connectivity index is 1.78. The number of aromatic nitrogens is 1. The van der Waals surface area contributed by atoms with E-state index in [9.17, 15) is 18.0 Å². The third kappa shape index (κ3) is 4.48. The maximum Gasteiger partial charge on any atom is 0.417 e. The molecule has 1 aromatic rings. The maximum atomic E-state index is 12.5. The second kappa shape index (κ2) is 7.15. The van der Waals surface area contributed by atoms with Crippen molar-refractivity contribution in [2.75, 3.05) is 25.0 Å². The number of carbonyl (C=O) groups is 1. The Morgan fingerprint density at radius 1 is 1.45 bits per heavy atom. The minimum absolute atomic E-state index is 0.125. The number of rotatable bonds is 5. The Bertz CT molecular complexity index is 534. The lowest BCUT2D eigenvalue weighted by molar-refractivity contribution is -0.137. The van der Waals surface area contributed by atoms with Gasteiger partial charge in [0.1, 0.15) is 11.9 Å². The smallest absolute Gasteiger partial charge is 0.368 e. The van der Waals surface area contributed by atoms with Crippen LogP contribution in [0.3, 0.4) is 0 Å². The van der Waals surface area contributed by atoms with Crippen molar-refractivity contribution >= 4 is 23.3 Å². The molecule has 0 saturated carbocycles. The lowest BCUT2D eigenvalue weighted by Gasteiger charge is -2.12. The van der Waals surface area contributed by atoms with Crippen molar-refractivity contribution in [1.29, 1.82) is 0 Å². The predicted octanol–water partition coefficient (Wildman–Crippen LogP) is 2.46. The number of anilines is 1. The summed E-state index contributed by atoms with van der Waals surface area (Å²) in [6, 6.07) is 0.807. The van der Waals surface area contributed by atoms with Crippen LogP contribution < -0.4 is 10.6 Å². The van der Waals surface area contributed by atoms with Crippen LogP contribution in [0.15, 0.2) is 12.3 Å². The molecule has 122 valence electrons. The molecule has 1 amide bonds. The van der Waals surface area contributed by atoms with Gasteiger partial charge in [0.25, 0.3) is 0 Å². The van der Waals surface area contributed by atoms with E-state index < -0.39 is 17.8 Å². The van der Waals surface area contributed by atoms with Crippen molar-refractivity contribution in [3.05, 3.63) is 22.8 Å². The van der Waals surface area contributed by atoms with Crippen LogP contribution in [0.4, 0.5) is 19.0 Å². The van der Waals surface area contributed by atoms with Crippen LogP contribution >= 0.6 is 11.6 Å². The number of hydrogen-bond donors (Lipinski definition) is 2. The van der Waals surface area contributed by atoms with Crippen LogP contribution in [-0.2, 0) is 15.7 Å². The van der Waals surface area contributed by atoms with E-state index >= 15 is 0 Å². The predicted molar refractivity (Wildman–Crippen MR) is 74.7 cm³/mol. The van der Waals surface area contributed by atoms with Crippen molar-refractivity contribution < 1.29 is 22.7 Å². The molecule has 0 radical (unpaired) electrons. The maximum absolute atomic E-state index is 12.5. The van der Waals surface area contributed by atoms with Gasteiger partial charge in [-0.2, -0.15) is 13.2 Å². The van der Waals surface area contributed by atoms with Gasteiger partial charge in [-0.1, -0.05) is 11.6 Å². The van der Waals surface area contributed by atoms with Crippen LogP contribution in [0.2, 0.25) is 5.02 Å². The molecule has 1 saturated heterocycles. The summed E-state index contributed by atoms with van der Waals surface area (Å²) in [7, 11) is 0. The molecular weight excluding hydrogens is 323 g/mol. The number of alkyl halides is 3. The summed E-state index contributed by atoms with van der Waals surface area (Å²) in [6.07, 6.45) is -2.62. The van der Waals surface area contributed by atoms with Gasteiger partial charge in [0.2, 0.25) is 5.91 Å². The van der Waals surface area contributed by atoms with E-state index in [0.29, 0.717) is 19.2 Å². The summed E-state index contributed by atoms with van der Waals surface area (Å²) in [4.78, 5) is 15.3. The number of nitrogens with zero attached hydrogens (tertiary/aromatic N) is 1. The molecule has 1 aromatic heterocycles. The molecule has 0 aromatic carbocycles. The molecule has 0 aliphatic carbocycles. The first-order valence-corrected chi connectivity index (χ1v) is 7.11. The third-order valence-electron chi connectivity index (χ3n) is 3.11. The fourth-order valence-electron chi connectivity index (χ4n) is 1.99. The van der Waals surface area contributed by atoms with Gasteiger partial charge >= 0.3 is 6.18 Å².